The number of nitrogens with zero attached hydrogens (tertiary/aromatic N) is 4. The van der Waals surface area contributed by atoms with Gasteiger partial charge in [-0.2, -0.15) is 0 Å². The summed E-state index contributed by atoms with van der Waals surface area (Å²) in [4.78, 5) is 23.8. The summed E-state index contributed by atoms with van der Waals surface area (Å²) in [6, 6.07) is 9.79. The summed E-state index contributed by atoms with van der Waals surface area (Å²) in [6.45, 7) is 4.36. The van der Waals surface area contributed by atoms with Crippen molar-refractivity contribution in [3.05, 3.63) is 47.1 Å². The zero-order chi connectivity index (χ0) is 18.8. The molecule has 1 aromatic heterocycles. The van der Waals surface area contributed by atoms with Crippen molar-refractivity contribution < 1.29 is 4.79 Å². The molecule has 1 fully saturated rings. The normalized spacial score (nSPS) is 16.2. The van der Waals surface area contributed by atoms with Crippen LogP contribution in [0.15, 0.2) is 40.5 Å². The van der Waals surface area contributed by atoms with Crippen molar-refractivity contribution in [3.63, 3.8) is 0 Å². The van der Waals surface area contributed by atoms with Gasteiger partial charge in [-0.25, -0.2) is 4.98 Å². The number of rotatable bonds is 4. The van der Waals surface area contributed by atoms with E-state index < -0.39 is 0 Å². The number of fused-ring (bicyclic) bond motifs is 1. The molecule has 0 radical (unpaired) electrons. The van der Waals surface area contributed by atoms with Gasteiger partial charge in [0.1, 0.15) is 5.49 Å². The summed E-state index contributed by atoms with van der Waals surface area (Å²) in [7, 11) is 0. The number of hydrogen-bond donors (Lipinski definition) is 1. The highest BCUT2D eigenvalue weighted by Gasteiger charge is 2.22. The van der Waals surface area contributed by atoms with Gasteiger partial charge in [-0.1, -0.05) is 30.0 Å². The van der Waals surface area contributed by atoms with Crippen LogP contribution in [-0.2, 0) is 11.2 Å². The van der Waals surface area contributed by atoms with Gasteiger partial charge in [0.2, 0.25) is 5.91 Å². The Hall–Kier alpha value is -2.41. The number of nitrogens with one attached hydrogen (secondary N) is 1. The van der Waals surface area contributed by atoms with Gasteiger partial charge in [0, 0.05) is 37.5 Å². The lowest BCUT2D eigenvalue weighted by Crippen LogP contribution is -2.33. The number of aliphatic imine (C=N–C) groups is 1. The van der Waals surface area contributed by atoms with Crippen LogP contribution in [0.25, 0.3) is 5.69 Å². The molecule has 27 heavy (non-hydrogen) atoms. The fourth-order valence-electron chi connectivity index (χ4n) is 3.63. The minimum absolute atomic E-state index is 0.154. The summed E-state index contributed by atoms with van der Waals surface area (Å²) < 4.78 is 1.84. The Balaban J connectivity index is 1.73. The Morgan fingerprint density at radius 3 is 2.70 bits per heavy atom. The number of para-hydroxylation sites is 1. The van der Waals surface area contributed by atoms with E-state index in [4.69, 9.17) is 10.4 Å². The molecule has 3 heterocycles. The quantitative estimate of drug-likeness (QED) is 0.653. The summed E-state index contributed by atoms with van der Waals surface area (Å²) in [5, 5.41) is 9.52. The number of carbonyl (C=O) groups excluding carboxylic acids is 1. The molecule has 0 spiro atoms. The second-order valence-corrected chi connectivity index (χ2v) is 7.77. The van der Waals surface area contributed by atoms with Crippen LogP contribution < -0.4 is 5.49 Å². The molecule has 2 aromatic rings. The number of benzene rings is 1. The van der Waals surface area contributed by atoms with Crippen molar-refractivity contribution in [2.75, 3.05) is 25.4 Å². The lowest BCUT2D eigenvalue weighted by atomic mass is 10.1. The smallest absolute Gasteiger partial charge is 0.233 e. The number of likely N-dealkylation sites (tertiary alicyclic amines) is 1. The maximum Gasteiger partial charge on any atom is 0.233 e. The summed E-state index contributed by atoms with van der Waals surface area (Å²) in [5.74, 6) is 0.506. The van der Waals surface area contributed by atoms with Gasteiger partial charge >= 0.3 is 0 Å². The second kappa shape index (κ2) is 7.68. The molecule has 0 unspecified atom stereocenters. The zero-order valence-corrected chi connectivity index (χ0v) is 16.3. The van der Waals surface area contributed by atoms with Crippen LogP contribution in [0.5, 0.6) is 0 Å². The Morgan fingerprint density at radius 1 is 1.22 bits per heavy atom. The van der Waals surface area contributed by atoms with Crippen LogP contribution >= 0.6 is 11.8 Å². The first-order valence-corrected chi connectivity index (χ1v) is 10.3. The molecule has 140 valence electrons. The number of amides is 1. The molecule has 1 aromatic carbocycles. The van der Waals surface area contributed by atoms with Gasteiger partial charge in [-0.05, 0) is 31.9 Å². The largest absolute Gasteiger partial charge is 0.342 e. The molecule has 2 aliphatic heterocycles. The zero-order valence-electron chi connectivity index (χ0n) is 15.4. The van der Waals surface area contributed by atoms with Gasteiger partial charge in [-0.15, -0.1) is 0 Å². The van der Waals surface area contributed by atoms with Crippen LogP contribution in [0.3, 0.4) is 0 Å². The second-order valence-electron chi connectivity index (χ2n) is 6.83. The van der Waals surface area contributed by atoms with Crippen LogP contribution in [0.4, 0.5) is 0 Å². The van der Waals surface area contributed by atoms with E-state index in [0.29, 0.717) is 22.9 Å². The highest BCUT2D eigenvalue weighted by atomic mass is 32.2. The van der Waals surface area contributed by atoms with Crippen molar-refractivity contribution in [2.24, 2.45) is 4.99 Å². The average molecular weight is 382 g/mol. The number of thioether (sulfide) groups is 1. The summed E-state index contributed by atoms with van der Waals surface area (Å²) in [6.07, 6.45) is 2.92. The first-order valence-electron chi connectivity index (χ1n) is 9.33. The predicted octanol–water partition coefficient (Wildman–Crippen LogP) is 2.43. The molecule has 0 bridgehead atoms. The van der Waals surface area contributed by atoms with Crippen molar-refractivity contribution >= 4 is 23.4 Å². The number of carbonyl (C=O) groups is 1. The Labute approximate surface area is 162 Å². The molecule has 0 aliphatic carbocycles. The summed E-state index contributed by atoms with van der Waals surface area (Å²) >= 11 is 1.43. The van der Waals surface area contributed by atoms with E-state index >= 15 is 0 Å². The molecule has 7 heteroatoms. The fraction of sp³-hybridized carbons (Fsp3) is 0.400. The Morgan fingerprint density at radius 2 is 1.96 bits per heavy atom. The first kappa shape index (κ1) is 18.0. The van der Waals surface area contributed by atoms with Gasteiger partial charge in [0.15, 0.2) is 5.16 Å². The molecule has 4 rings (SSSR count). The van der Waals surface area contributed by atoms with Crippen molar-refractivity contribution in [3.8, 4) is 5.69 Å². The molecule has 6 nitrogen and oxygen atoms in total. The van der Waals surface area contributed by atoms with Crippen LogP contribution in [0, 0.1) is 5.41 Å². The highest BCUT2D eigenvalue weighted by Crippen LogP contribution is 2.23. The lowest BCUT2D eigenvalue weighted by Gasteiger charge is -2.21. The van der Waals surface area contributed by atoms with E-state index in [0.717, 1.165) is 55.0 Å². The van der Waals surface area contributed by atoms with E-state index in [-0.39, 0.29) is 5.91 Å². The molecule has 1 N–H and O–H groups in total. The molecule has 0 saturated carbocycles. The van der Waals surface area contributed by atoms with Crippen molar-refractivity contribution in [1.82, 2.24) is 14.5 Å². The lowest BCUT2D eigenvalue weighted by molar-refractivity contribution is -0.127. The average Bonchev–Trinajstić information content (AvgIpc) is 3.21. The topological polar surface area (TPSA) is 74.3 Å². The van der Waals surface area contributed by atoms with Gasteiger partial charge in [0.25, 0.3) is 0 Å². The number of aromatic nitrogens is 2. The first-order chi connectivity index (χ1) is 13.1. The number of hydrogen-bond acceptors (Lipinski definition) is 5. The van der Waals surface area contributed by atoms with E-state index in [1.54, 1.807) is 0 Å². The SMILES string of the molecule is CC1=NCCc2nc(SCC(=O)N3CCCC3)n(-c3ccccc3)c(=N)c21. The van der Waals surface area contributed by atoms with E-state index in [1.807, 2.05) is 46.7 Å². The van der Waals surface area contributed by atoms with E-state index in [1.165, 1.54) is 11.8 Å². The van der Waals surface area contributed by atoms with Gasteiger partial charge in [0.05, 0.1) is 17.0 Å². The standard InChI is InChI=1S/C20H23N5OS/c1-14-18-16(9-10-22-14)23-20(27-13-17(26)24-11-5-6-12-24)25(19(18)21)15-7-3-2-4-8-15/h2-4,7-8,21H,5-6,9-13H2,1H3. The van der Waals surface area contributed by atoms with Crippen molar-refractivity contribution in [2.45, 2.75) is 31.3 Å². The third-order valence-corrected chi connectivity index (χ3v) is 5.95. The molecular formula is C20H23N5OS. The van der Waals surface area contributed by atoms with Gasteiger partial charge in [-0.3, -0.25) is 19.8 Å². The molecule has 0 atom stereocenters. The predicted molar refractivity (Wildman–Crippen MR) is 107 cm³/mol. The minimum Gasteiger partial charge on any atom is -0.342 e. The Bertz CT molecular complexity index is 945. The monoisotopic (exact) mass is 381 g/mol. The maximum atomic E-state index is 12.5. The minimum atomic E-state index is 0.154. The van der Waals surface area contributed by atoms with Crippen LogP contribution in [0.1, 0.15) is 31.0 Å². The van der Waals surface area contributed by atoms with Gasteiger partial charge < -0.3 is 4.90 Å². The molecule has 1 saturated heterocycles. The molecule has 1 amide bonds. The van der Waals surface area contributed by atoms with Crippen LogP contribution in [0.2, 0.25) is 0 Å². The van der Waals surface area contributed by atoms with Crippen molar-refractivity contribution in [1.29, 1.82) is 5.41 Å². The third-order valence-electron chi connectivity index (χ3n) is 5.03. The van der Waals surface area contributed by atoms with Crippen LogP contribution in [-0.4, -0.2) is 51.5 Å². The van der Waals surface area contributed by atoms with E-state index in [2.05, 4.69) is 4.99 Å². The molecular weight excluding hydrogens is 358 g/mol. The molecule has 2 aliphatic rings. The highest BCUT2D eigenvalue weighted by molar-refractivity contribution is 7.99. The summed E-state index contributed by atoms with van der Waals surface area (Å²) in [5.41, 5.74) is 3.87. The van der Waals surface area contributed by atoms with E-state index in [9.17, 15) is 4.79 Å². The Kier molecular flexibility index (Phi) is 5.11. The third kappa shape index (κ3) is 3.56. The fourth-order valence-corrected chi connectivity index (χ4v) is 4.57. The maximum absolute atomic E-state index is 12.5.